The van der Waals surface area contributed by atoms with Gasteiger partial charge in [0.15, 0.2) is 6.10 Å². The maximum absolute atomic E-state index is 12.7. The number of amides is 1. The van der Waals surface area contributed by atoms with E-state index >= 15 is 0 Å². The van der Waals surface area contributed by atoms with Gasteiger partial charge in [0.05, 0.1) is 10.5 Å². The first-order valence-electron chi connectivity index (χ1n) is 9.46. The Morgan fingerprint density at radius 1 is 0.968 bits per heavy atom. The molecule has 0 saturated heterocycles. The molecule has 0 aliphatic heterocycles. The van der Waals surface area contributed by atoms with Crippen molar-refractivity contribution in [3.63, 3.8) is 0 Å². The number of nitrogens with two attached hydrogens (primary N) is 1. The monoisotopic (exact) mass is 438 g/mol. The zero-order valence-electron chi connectivity index (χ0n) is 17.0. The number of aryl methyl sites for hydroxylation is 1. The van der Waals surface area contributed by atoms with Crippen molar-refractivity contribution in [2.45, 2.75) is 24.8 Å². The third kappa shape index (κ3) is 5.36. The average Bonchev–Trinajstić information content (AvgIpc) is 2.74. The van der Waals surface area contributed by atoms with Gasteiger partial charge in [0.25, 0.3) is 5.91 Å². The second kappa shape index (κ2) is 9.11. The molecule has 0 aliphatic rings. The van der Waals surface area contributed by atoms with Gasteiger partial charge in [0, 0.05) is 11.3 Å². The van der Waals surface area contributed by atoms with E-state index in [4.69, 9.17) is 9.88 Å². The molecule has 0 bridgehead atoms. The lowest BCUT2D eigenvalue weighted by Gasteiger charge is -2.16. The van der Waals surface area contributed by atoms with Crippen LogP contribution < -0.4 is 10.5 Å². The van der Waals surface area contributed by atoms with E-state index < -0.39 is 28.0 Å². The zero-order chi connectivity index (χ0) is 22.6. The number of rotatable bonds is 6. The maximum atomic E-state index is 12.7. The second-order valence-corrected chi connectivity index (χ2v) is 8.53. The summed E-state index contributed by atoms with van der Waals surface area (Å²) in [7, 11) is -3.98. The molecule has 3 rings (SSSR count). The van der Waals surface area contributed by atoms with Crippen LogP contribution in [-0.4, -0.2) is 26.4 Å². The first-order chi connectivity index (χ1) is 14.7. The van der Waals surface area contributed by atoms with E-state index in [1.165, 1.54) is 19.1 Å². The summed E-state index contributed by atoms with van der Waals surface area (Å²) in [5.41, 5.74) is 2.86. The van der Waals surface area contributed by atoms with Crippen molar-refractivity contribution in [1.82, 2.24) is 0 Å². The first kappa shape index (κ1) is 22.2. The average molecular weight is 439 g/mol. The van der Waals surface area contributed by atoms with Gasteiger partial charge < -0.3 is 10.1 Å². The summed E-state index contributed by atoms with van der Waals surface area (Å²) in [4.78, 5) is 25.0. The molecule has 3 aromatic carbocycles. The number of hydrogen-bond donors (Lipinski definition) is 2. The Morgan fingerprint density at radius 3 is 2.29 bits per heavy atom. The summed E-state index contributed by atoms with van der Waals surface area (Å²) in [6, 6.07) is 20.7. The molecule has 1 atom stereocenters. The highest BCUT2D eigenvalue weighted by Gasteiger charge is 2.22. The predicted molar refractivity (Wildman–Crippen MR) is 118 cm³/mol. The van der Waals surface area contributed by atoms with Crippen LogP contribution in [-0.2, 0) is 19.6 Å². The van der Waals surface area contributed by atoms with E-state index in [9.17, 15) is 18.0 Å². The van der Waals surface area contributed by atoms with Gasteiger partial charge in [-0.15, -0.1) is 0 Å². The van der Waals surface area contributed by atoms with Crippen LogP contribution in [0, 0.1) is 6.92 Å². The highest BCUT2D eigenvalue weighted by atomic mass is 32.2. The molecular formula is C23H22N2O5S. The minimum Gasteiger partial charge on any atom is -0.449 e. The SMILES string of the molecule is Cc1ccc(S(N)(=O)=O)cc1C(=O)OC(C)C(=O)Nc1ccccc1-c1ccccc1. The molecule has 0 aromatic heterocycles. The van der Waals surface area contributed by atoms with E-state index in [1.54, 1.807) is 19.1 Å². The normalized spacial score (nSPS) is 12.1. The lowest BCUT2D eigenvalue weighted by Crippen LogP contribution is -2.30. The standard InChI is InChI=1S/C23H22N2O5S/c1-15-12-13-18(31(24,28)29)14-20(15)23(27)30-16(2)22(26)25-21-11-7-6-10-19(21)17-8-4-3-5-9-17/h3-14,16H,1-2H3,(H,25,26)(H2,24,28,29). The molecule has 0 fully saturated rings. The van der Waals surface area contributed by atoms with Crippen LogP contribution in [0.25, 0.3) is 11.1 Å². The number of esters is 1. The number of carbonyl (C=O) groups excluding carboxylic acids is 2. The van der Waals surface area contributed by atoms with Gasteiger partial charge in [-0.05, 0) is 43.2 Å². The van der Waals surface area contributed by atoms with Crippen LogP contribution in [0.1, 0.15) is 22.8 Å². The number of hydrogen-bond acceptors (Lipinski definition) is 5. The fourth-order valence-corrected chi connectivity index (χ4v) is 3.51. The number of sulfonamides is 1. The Bertz CT molecular complexity index is 1220. The topological polar surface area (TPSA) is 116 Å². The van der Waals surface area contributed by atoms with Crippen molar-refractivity contribution in [1.29, 1.82) is 0 Å². The van der Waals surface area contributed by atoms with Crippen molar-refractivity contribution in [3.05, 3.63) is 83.9 Å². The second-order valence-electron chi connectivity index (χ2n) is 6.97. The summed E-state index contributed by atoms with van der Waals surface area (Å²) in [5.74, 6) is -1.33. The summed E-state index contributed by atoms with van der Waals surface area (Å²) in [6.07, 6.45) is -1.12. The van der Waals surface area contributed by atoms with Crippen molar-refractivity contribution in [3.8, 4) is 11.1 Å². The molecule has 3 N–H and O–H groups in total. The maximum Gasteiger partial charge on any atom is 0.339 e. The molecule has 160 valence electrons. The zero-order valence-corrected chi connectivity index (χ0v) is 17.8. The molecular weight excluding hydrogens is 416 g/mol. The highest BCUT2D eigenvalue weighted by Crippen LogP contribution is 2.27. The van der Waals surface area contributed by atoms with Crippen molar-refractivity contribution in [2.75, 3.05) is 5.32 Å². The number of nitrogens with one attached hydrogen (secondary N) is 1. The molecule has 1 unspecified atom stereocenters. The molecule has 0 saturated carbocycles. The molecule has 7 nitrogen and oxygen atoms in total. The minimum atomic E-state index is -3.98. The van der Waals surface area contributed by atoms with Gasteiger partial charge in [0.2, 0.25) is 10.0 Å². The molecule has 31 heavy (non-hydrogen) atoms. The van der Waals surface area contributed by atoms with Gasteiger partial charge >= 0.3 is 5.97 Å². The van der Waals surface area contributed by atoms with Crippen LogP contribution in [0.15, 0.2) is 77.7 Å². The Kier molecular flexibility index (Phi) is 6.53. The van der Waals surface area contributed by atoms with E-state index in [2.05, 4.69) is 5.32 Å². The summed E-state index contributed by atoms with van der Waals surface area (Å²) < 4.78 is 28.4. The fraction of sp³-hybridized carbons (Fsp3) is 0.130. The molecule has 1 amide bonds. The van der Waals surface area contributed by atoms with Crippen LogP contribution in [0.4, 0.5) is 5.69 Å². The third-order valence-electron chi connectivity index (χ3n) is 4.68. The van der Waals surface area contributed by atoms with E-state index in [0.717, 1.165) is 17.2 Å². The molecule has 8 heteroatoms. The van der Waals surface area contributed by atoms with Gasteiger partial charge in [-0.2, -0.15) is 0 Å². The first-order valence-corrected chi connectivity index (χ1v) is 11.0. The van der Waals surface area contributed by atoms with Crippen LogP contribution in [0.5, 0.6) is 0 Å². The number of carbonyl (C=O) groups is 2. The Morgan fingerprint density at radius 2 is 1.61 bits per heavy atom. The largest absolute Gasteiger partial charge is 0.449 e. The quantitative estimate of drug-likeness (QED) is 0.572. The van der Waals surface area contributed by atoms with Gasteiger partial charge in [0.1, 0.15) is 0 Å². The summed E-state index contributed by atoms with van der Waals surface area (Å²) in [6.45, 7) is 3.07. The minimum absolute atomic E-state index is 0.0239. The van der Waals surface area contributed by atoms with Crippen LogP contribution in [0.2, 0.25) is 0 Å². The number of benzene rings is 3. The molecule has 0 spiro atoms. The number of para-hydroxylation sites is 1. The van der Waals surface area contributed by atoms with Gasteiger partial charge in [-0.3, -0.25) is 4.79 Å². The Balaban J connectivity index is 1.76. The fourth-order valence-electron chi connectivity index (χ4n) is 2.97. The van der Waals surface area contributed by atoms with Crippen LogP contribution >= 0.6 is 0 Å². The van der Waals surface area contributed by atoms with Crippen LogP contribution in [0.3, 0.4) is 0 Å². The summed E-state index contributed by atoms with van der Waals surface area (Å²) >= 11 is 0. The Labute approximate surface area is 180 Å². The highest BCUT2D eigenvalue weighted by molar-refractivity contribution is 7.89. The number of ether oxygens (including phenoxy) is 1. The molecule has 0 heterocycles. The number of primary sulfonamides is 1. The van der Waals surface area contributed by atoms with Crippen molar-refractivity contribution >= 4 is 27.6 Å². The third-order valence-corrected chi connectivity index (χ3v) is 5.59. The van der Waals surface area contributed by atoms with Gasteiger partial charge in [-0.25, -0.2) is 18.4 Å². The lowest BCUT2D eigenvalue weighted by molar-refractivity contribution is -0.123. The molecule has 3 aromatic rings. The smallest absolute Gasteiger partial charge is 0.339 e. The van der Waals surface area contributed by atoms with E-state index in [1.807, 2.05) is 42.5 Å². The lowest BCUT2D eigenvalue weighted by atomic mass is 10.0. The van der Waals surface area contributed by atoms with Crippen molar-refractivity contribution < 1.29 is 22.7 Å². The summed E-state index contributed by atoms with van der Waals surface area (Å²) in [5, 5.41) is 7.91. The van der Waals surface area contributed by atoms with E-state index in [-0.39, 0.29) is 10.5 Å². The van der Waals surface area contributed by atoms with Gasteiger partial charge in [-0.1, -0.05) is 54.6 Å². The molecule has 0 radical (unpaired) electrons. The van der Waals surface area contributed by atoms with Crippen molar-refractivity contribution in [2.24, 2.45) is 5.14 Å². The van der Waals surface area contributed by atoms with E-state index in [0.29, 0.717) is 11.3 Å². The Hall–Kier alpha value is -3.49. The molecule has 0 aliphatic carbocycles. The predicted octanol–water partition coefficient (Wildman–Crippen LogP) is 3.49. The number of anilines is 1.